The van der Waals surface area contributed by atoms with E-state index in [1.165, 1.54) is 11.1 Å². The molecule has 0 radical (unpaired) electrons. The van der Waals surface area contributed by atoms with E-state index in [9.17, 15) is 5.11 Å². The van der Waals surface area contributed by atoms with Gasteiger partial charge in [0.2, 0.25) is 0 Å². The van der Waals surface area contributed by atoms with E-state index in [1.807, 2.05) is 36.4 Å². The first kappa shape index (κ1) is 14.1. The lowest BCUT2D eigenvalue weighted by molar-refractivity contribution is 0.0339. The lowest BCUT2D eigenvalue weighted by Gasteiger charge is -2.34. The van der Waals surface area contributed by atoms with Crippen LogP contribution >= 0.6 is 0 Å². The summed E-state index contributed by atoms with van der Waals surface area (Å²) in [7, 11) is 1.63. The summed E-state index contributed by atoms with van der Waals surface area (Å²) in [5.74, 6) is 0.716. The monoisotopic (exact) mass is 283 g/mol. The average molecular weight is 283 g/mol. The van der Waals surface area contributed by atoms with Gasteiger partial charge in [-0.25, -0.2) is 0 Å². The zero-order chi connectivity index (χ0) is 14.9. The Morgan fingerprint density at radius 2 is 1.67 bits per heavy atom. The fourth-order valence-corrected chi connectivity index (χ4v) is 3.40. The summed E-state index contributed by atoms with van der Waals surface area (Å²) in [6.07, 6.45) is 0.976. The highest BCUT2D eigenvalue weighted by molar-refractivity contribution is 5.40. The molecule has 0 aromatic heterocycles. The second-order valence-corrected chi connectivity index (χ2v) is 5.83. The molecule has 0 aliphatic heterocycles. The van der Waals surface area contributed by atoms with Crippen LogP contribution in [0.1, 0.15) is 22.8 Å². The van der Waals surface area contributed by atoms with E-state index >= 15 is 0 Å². The van der Waals surface area contributed by atoms with Gasteiger partial charge in [0.05, 0.1) is 13.2 Å². The molecule has 1 atom stereocenters. The highest BCUT2D eigenvalue weighted by Crippen LogP contribution is 2.46. The fourth-order valence-electron chi connectivity index (χ4n) is 3.40. The van der Waals surface area contributed by atoms with Crippen molar-refractivity contribution in [2.24, 2.45) is 11.1 Å². The number of hydrogen-bond donors (Lipinski definition) is 2. The van der Waals surface area contributed by atoms with Crippen LogP contribution in [-0.4, -0.2) is 18.8 Å². The lowest BCUT2D eigenvalue weighted by atomic mass is 9.76. The molecule has 0 fully saturated rings. The van der Waals surface area contributed by atoms with Gasteiger partial charge in [-0.3, -0.25) is 0 Å². The Balaban J connectivity index is 1.98. The van der Waals surface area contributed by atoms with Gasteiger partial charge in [-0.2, -0.15) is 0 Å². The standard InChI is InChI=1S/C18H21NO2/c1-21-16-9-5-4-8-15(16)17(20)18(12-19)10-13-6-2-3-7-14(13)11-18/h2-9,17,20H,10-12,19H2,1H3. The number of aliphatic hydroxyl groups excluding tert-OH is 1. The summed E-state index contributed by atoms with van der Waals surface area (Å²) in [5, 5.41) is 11.0. The fraction of sp³-hybridized carbons (Fsp3) is 0.333. The summed E-state index contributed by atoms with van der Waals surface area (Å²) >= 11 is 0. The first-order valence-corrected chi connectivity index (χ1v) is 7.28. The third-order valence-electron chi connectivity index (χ3n) is 4.62. The SMILES string of the molecule is COc1ccccc1C(O)C1(CN)Cc2ccccc2C1. The zero-order valence-electron chi connectivity index (χ0n) is 12.3. The van der Waals surface area contributed by atoms with Gasteiger partial charge in [-0.05, 0) is 30.0 Å². The van der Waals surface area contributed by atoms with Gasteiger partial charge < -0.3 is 15.6 Å². The van der Waals surface area contributed by atoms with Crippen LogP contribution in [0.15, 0.2) is 48.5 Å². The summed E-state index contributed by atoms with van der Waals surface area (Å²) in [6, 6.07) is 16.0. The summed E-state index contributed by atoms with van der Waals surface area (Å²) in [5.41, 5.74) is 9.12. The molecule has 3 N–H and O–H groups in total. The number of nitrogens with two attached hydrogens (primary N) is 1. The second kappa shape index (κ2) is 5.51. The van der Waals surface area contributed by atoms with Crippen LogP contribution in [0.3, 0.4) is 0 Å². The smallest absolute Gasteiger partial charge is 0.124 e. The van der Waals surface area contributed by atoms with Gasteiger partial charge in [-0.1, -0.05) is 42.5 Å². The van der Waals surface area contributed by atoms with Crippen LogP contribution in [0.25, 0.3) is 0 Å². The Morgan fingerprint density at radius 1 is 1.10 bits per heavy atom. The molecule has 110 valence electrons. The number of methoxy groups -OCH3 is 1. The highest BCUT2D eigenvalue weighted by atomic mass is 16.5. The number of hydrogen-bond acceptors (Lipinski definition) is 3. The molecule has 3 heteroatoms. The molecule has 0 spiro atoms. The van der Waals surface area contributed by atoms with Crippen LogP contribution < -0.4 is 10.5 Å². The Morgan fingerprint density at radius 3 is 2.24 bits per heavy atom. The number of fused-ring (bicyclic) bond motifs is 1. The van der Waals surface area contributed by atoms with Crippen molar-refractivity contribution >= 4 is 0 Å². The van der Waals surface area contributed by atoms with Crippen LogP contribution in [0, 0.1) is 5.41 Å². The molecule has 0 saturated heterocycles. The van der Waals surface area contributed by atoms with Crippen molar-refractivity contribution in [1.82, 2.24) is 0 Å². The van der Waals surface area contributed by atoms with Crippen LogP contribution in [0.2, 0.25) is 0 Å². The molecule has 0 saturated carbocycles. The second-order valence-electron chi connectivity index (χ2n) is 5.83. The van der Waals surface area contributed by atoms with Gasteiger partial charge in [0.1, 0.15) is 5.75 Å². The number of ether oxygens (including phenoxy) is 1. The Hall–Kier alpha value is -1.84. The topological polar surface area (TPSA) is 55.5 Å². The van der Waals surface area contributed by atoms with Gasteiger partial charge in [0.25, 0.3) is 0 Å². The zero-order valence-corrected chi connectivity index (χ0v) is 12.3. The molecule has 3 nitrogen and oxygen atoms in total. The van der Waals surface area contributed by atoms with Crippen LogP contribution in [-0.2, 0) is 12.8 Å². The van der Waals surface area contributed by atoms with E-state index in [0.717, 1.165) is 18.4 Å². The maximum Gasteiger partial charge on any atom is 0.124 e. The minimum absolute atomic E-state index is 0.349. The molecule has 1 aliphatic carbocycles. The number of benzene rings is 2. The van der Waals surface area contributed by atoms with Crippen LogP contribution in [0.4, 0.5) is 0 Å². The third kappa shape index (κ3) is 2.33. The van der Waals surface area contributed by atoms with Crippen LogP contribution in [0.5, 0.6) is 5.75 Å². The highest BCUT2D eigenvalue weighted by Gasteiger charge is 2.43. The van der Waals surface area contributed by atoms with Crippen molar-refractivity contribution in [3.63, 3.8) is 0 Å². The van der Waals surface area contributed by atoms with Crippen molar-refractivity contribution < 1.29 is 9.84 Å². The number of para-hydroxylation sites is 1. The third-order valence-corrected chi connectivity index (χ3v) is 4.62. The normalized spacial score (nSPS) is 17.3. The van der Waals surface area contributed by atoms with E-state index in [0.29, 0.717) is 12.3 Å². The number of rotatable bonds is 4. The molecule has 1 aliphatic rings. The van der Waals surface area contributed by atoms with E-state index in [2.05, 4.69) is 12.1 Å². The molecule has 0 heterocycles. The summed E-state index contributed by atoms with van der Waals surface area (Å²) in [4.78, 5) is 0. The molecule has 0 bridgehead atoms. The van der Waals surface area contributed by atoms with Crippen molar-refractivity contribution in [1.29, 1.82) is 0 Å². The van der Waals surface area contributed by atoms with E-state index in [4.69, 9.17) is 10.5 Å². The minimum atomic E-state index is -0.633. The number of aliphatic hydroxyl groups is 1. The van der Waals surface area contributed by atoms with Gasteiger partial charge in [0.15, 0.2) is 0 Å². The molecule has 21 heavy (non-hydrogen) atoms. The molecular weight excluding hydrogens is 262 g/mol. The van der Waals surface area contributed by atoms with Gasteiger partial charge in [0, 0.05) is 17.5 Å². The largest absolute Gasteiger partial charge is 0.496 e. The lowest BCUT2D eigenvalue weighted by Crippen LogP contribution is -2.37. The molecule has 0 amide bonds. The summed E-state index contributed by atoms with van der Waals surface area (Å²) in [6.45, 7) is 0.445. The van der Waals surface area contributed by atoms with Crippen molar-refractivity contribution in [2.45, 2.75) is 18.9 Å². The van der Waals surface area contributed by atoms with Gasteiger partial charge in [-0.15, -0.1) is 0 Å². The minimum Gasteiger partial charge on any atom is -0.496 e. The predicted octanol–water partition coefficient (Wildman–Crippen LogP) is 2.47. The first-order valence-electron chi connectivity index (χ1n) is 7.28. The Kier molecular flexibility index (Phi) is 3.70. The first-order chi connectivity index (χ1) is 10.2. The van der Waals surface area contributed by atoms with Crippen molar-refractivity contribution in [3.05, 3.63) is 65.2 Å². The Labute approximate surface area is 125 Å². The van der Waals surface area contributed by atoms with Gasteiger partial charge >= 0.3 is 0 Å². The average Bonchev–Trinajstić information content (AvgIpc) is 2.94. The van der Waals surface area contributed by atoms with E-state index < -0.39 is 6.10 Å². The quantitative estimate of drug-likeness (QED) is 0.906. The molecule has 1 unspecified atom stereocenters. The van der Waals surface area contributed by atoms with E-state index in [-0.39, 0.29) is 5.41 Å². The van der Waals surface area contributed by atoms with Crippen molar-refractivity contribution in [3.8, 4) is 5.75 Å². The summed E-state index contributed by atoms with van der Waals surface area (Å²) < 4.78 is 5.39. The maximum absolute atomic E-state index is 11.0. The van der Waals surface area contributed by atoms with E-state index in [1.54, 1.807) is 7.11 Å². The molecule has 3 rings (SSSR count). The van der Waals surface area contributed by atoms with Crippen molar-refractivity contribution in [2.75, 3.05) is 13.7 Å². The maximum atomic E-state index is 11.0. The Bertz CT molecular complexity index is 614. The predicted molar refractivity (Wildman–Crippen MR) is 83.3 cm³/mol. The molecule has 2 aromatic carbocycles. The molecule has 2 aromatic rings. The molecular formula is C18H21NO2.